The molecule has 0 fully saturated rings. The lowest BCUT2D eigenvalue weighted by Gasteiger charge is -2.08. The highest BCUT2D eigenvalue weighted by atomic mass is 127. The minimum atomic E-state index is -3.58. The molecule has 6 heteroatoms. The predicted molar refractivity (Wildman–Crippen MR) is 80.8 cm³/mol. The Morgan fingerprint density at radius 1 is 1.06 bits per heavy atom. The number of nitrogen functional groups attached to an aromatic ring is 1. The van der Waals surface area contributed by atoms with E-state index in [0.29, 0.717) is 11.4 Å². The number of halogens is 1. The van der Waals surface area contributed by atoms with Crippen LogP contribution in [0.1, 0.15) is 0 Å². The van der Waals surface area contributed by atoms with Crippen molar-refractivity contribution in [3.05, 3.63) is 52.1 Å². The Kier molecular flexibility index (Phi) is 3.76. The van der Waals surface area contributed by atoms with E-state index in [2.05, 4.69) is 27.3 Å². The Labute approximate surface area is 119 Å². The van der Waals surface area contributed by atoms with Gasteiger partial charge in [0.25, 0.3) is 10.0 Å². The minimum absolute atomic E-state index is 0.154. The van der Waals surface area contributed by atoms with Gasteiger partial charge in [-0.2, -0.15) is 0 Å². The molecular formula is C12H11IN2O2S. The number of hydrogen-bond acceptors (Lipinski definition) is 3. The third-order valence-corrected chi connectivity index (χ3v) is 4.36. The molecule has 0 bridgehead atoms. The highest BCUT2D eigenvalue weighted by molar-refractivity contribution is 14.1. The fourth-order valence-electron chi connectivity index (χ4n) is 1.41. The van der Waals surface area contributed by atoms with Gasteiger partial charge in [0.1, 0.15) is 0 Å². The fourth-order valence-corrected chi connectivity index (χ4v) is 2.89. The molecule has 0 aliphatic rings. The Bertz CT molecular complexity index is 654. The molecule has 0 aliphatic carbocycles. The van der Waals surface area contributed by atoms with E-state index in [-0.39, 0.29) is 4.90 Å². The van der Waals surface area contributed by atoms with Crippen molar-refractivity contribution in [2.24, 2.45) is 0 Å². The maximum absolute atomic E-state index is 12.1. The average molecular weight is 374 g/mol. The van der Waals surface area contributed by atoms with Crippen LogP contribution >= 0.6 is 22.6 Å². The molecule has 0 atom stereocenters. The Hall–Kier alpha value is -1.28. The van der Waals surface area contributed by atoms with Crippen molar-refractivity contribution in [1.82, 2.24) is 0 Å². The van der Waals surface area contributed by atoms with Gasteiger partial charge in [-0.15, -0.1) is 0 Å². The number of rotatable bonds is 3. The molecular weight excluding hydrogens is 363 g/mol. The van der Waals surface area contributed by atoms with Gasteiger partial charge in [0.05, 0.1) is 4.90 Å². The molecule has 94 valence electrons. The van der Waals surface area contributed by atoms with Crippen molar-refractivity contribution in [1.29, 1.82) is 0 Å². The first-order valence-electron chi connectivity index (χ1n) is 5.11. The van der Waals surface area contributed by atoms with Gasteiger partial charge in [0, 0.05) is 14.9 Å². The molecule has 2 rings (SSSR count). The van der Waals surface area contributed by atoms with E-state index in [4.69, 9.17) is 5.73 Å². The topological polar surface area (TPSA) is 72.2 Å². The second-order valence-corrected chi connectivity index (χ2v) is 6.61. The highest BCUT2D eigenvalue weighted by Crippen LogP contribution is 2.18. The van der Waals surface area contributed by atoms with Crippen LogP contribution in [0.4, 0.5) is 11.4 Å². The van der Waals surface area contributed by atoms with Crippen molar-refractivity contribution >= 4 is 44.0 Å². The van der Waals surface area contributed by atoms with E-state index in [1.54, 1.807) is 24.3 Å². The summed E-state index contributed by atoms with van der Waals surface area (Å²) in [6.45, 7) is 0. The van der Waals surface area contributed by atoms with Crippen molar-refractivity contribution in [2.75, 3.05) is 10.5 Å². The standard InChI is InChI=1S/C12H11IN2O2S/c13-9-4-6-11(7-5-9)15-18(16,17)12-3-1-2-10(14)8-12/h1-8,15H,14H2. The van der Waals surface area contributed by atoms with Crippen LogP contribution in [0.5, 0.6) is 0 Å². The second-order valence-electron chi connectivity index (χ2n) is 3.68. The number of benzene rings is 2. The summed E-state index contributed by atoms with van der Waals surface area (Å²) >= 11 is 2.16. The van der Waals surface area contributed by atoms with E-state index < -0.39 is 10.0 Å². The molecule has 0 amide bonds. The van der Waals surface area contributed by atoms with E-state index in [1.807, 2.05) is 12.1 Å². The molecule has 4 nitrogen and oxygen atoms in total. The molecule has 0 spiro atoms. The normalized spacial score (nSPS) is 11.2. The Morgan fingerprint density at radius 2 is 1.72 bits per heavy atom. The van der Waals surface area contributed by atoms with Crippen LogP contribution in [0, 0.1) is 3.57 Å². The van der Waals surface area contributed by atoms with Crippen molar-refractivity contribution in [2.45, 2.75) is 4.90 Å². The largest absolute Gasteiger partial charge is 0.399 e. The van der Waals surface area contributed by atoms with Crippen molar-refractivity contribution in [3.8, 4) is 0 Å². The number of sulfonamides is 1. The summed E-state index contributed by atoms with van der Waals surface area (Å²) in [6.07, 6.45) is 0. The molecule has 0 unspecified atom stereocenters. The molecule has 0 saturated carbocycles. The lowest BCUT2D eigenvalue weighted by Crippen LogP contribution is -2.13. The zero-order valence-electron chi connectivity index (χ0n) is 9.30. The van der Waals surface area contributed by atoms with Gasteiger partial charge in [-0.1, -0.05) is 6.07 Å². The minimum Gasteiger partial charge on any atom is -0.399 e. The van der Waals surface area contributed by atoms with Gasteiger partial charge in [-0.3, -0.25) is 4.72 Å². The molecule has 0 radical (unpaired) electrons. The van der Waals surface area contributed by atoms with Gasteiger partial charge < -0.3 is 5.73 Å². The quantitative estimate of drug-likeness (QED) is 0.641. The first-order valence-corrected chi connectivity index (χ1v) is 7.67. The van der Waals surface area contributed by atoms with Gasteiger partial charge in [-0.25, -0.2) is 8.42 Å². The van der Waals surface area contributed by atoms with Crippen LogP contribution in [0.2, 0.25) is 0 Å². The van der Waals surface area contributed by atoms with E-state index in [9.17, 15) is 8.42 Å². The second kappa shape index (κ2) is 5.15. The van der Waals surface area contributed by atoms with Crippen LogP contribution in [0.3, 0.4) is 0 Å². The molecule has 2 aromatic carbocycles. The first-order chi connectivity index (χ1) is 8.47. The van der Waals surface area contributed by atoms with Crippen molar-refractivity contribution in [3.63, 3.8) is 0 Å². The lowest BCUT2D eigenvalue weighted by molar-refractivity contribution is 0.601. The summed E-state index contributed by atoms with van der Waals surface area (Å²) in [5.41, 5.74) is 6.52. The summed E-state index contributed by atoms with van der Waals surface area (Å²) in [6, 6.07) is 13.3. The zero-order valence-corrected chi connectivity index (χ0v) is 12.3. The third-order valence-electron chi connectivity index (χ3n) is 2.26. The number of nitrogens with two attached hydrogens (primary N) is 1. The van der Waals surface area contributed by atoms with Crippen molar-refractivity contribution < 1.29 is 8.42 Å². The fraction of sp³-hybridized carbons (Fsp3) is 0. The molecule has 0 heterocycles. The van der Waals surface area contributed by atoms with E-state index in [1.165, 1.54) is 12.1 Å². The molecule has 0 aliphatic heterocycles. The molecule has 0 saturated heterocycles. The zero-order chi connectivity index (χ0) is 13.2. The predicted octanol–water partition coefficient (Wildman–Crippen LogP) is 2.67. The van der Waals surface area contributed by atoms with Gasteiger partial charge in [-0.05, 0) is 65.1 Å². The van der Waals surface area contributed by atoms with E-state index in [0.717, 1.165) is 3.57 Å². The highest BCUT2D eigenvalue weighted by Gasteiger charge is 2.13. The monoisotopic (exact) mass is 374 g/mol. The van der Waals surface area contributed by atoms with Crippen LogP contribution in [0.15, 0.2) is 53.4 Å². The maximum Gasteiger partial charge on any atom is 0.261 e. The maximum atomic E-state index is 12.1. The van der Waals surface area contributed by atoms with Gasteiger partial charge >= 0.3 is 0 Å². The average Bonchev–Trinajstić information content (AvgIpc) is 2.32. The molecule has 18 heavy (non-hydrogen) atoms. The van der Waals surface area contributed by atoms with Crippen LogP contribution in [-0.2, 0) is 10.0 Å². The van der Waals surface area contributed by atoms with Crippen LogP contribution < -0.4 is 10.5 Å². The molecule has 3 N–H and O–H groups in total. The summed E-state index contributed by atoms with van der Waals surface area (Å²) in [4.78, 5) is 0.154. The van der Waals surface area contributed by atoms with Crippen LogP contribution in [-0.4, -0.2) is 8.42 Å². The van der Waals surface area contributed by atoms with E-state index >= 15 is 0 Å². The number of nitrogens with one attached hydrogen (secondary N) is 1. The van der Waals surface area contributed by atoms with Gasteiger partial charge in [0.2, 0.25) is 0 Å². The Balaban J connectivity index is 2.30. The summed E-state index contributed by atoms with van der Waals surface area (Å²) in [7, 11) is -3.58. The molecule has 2 aromatic rings. The number of hydrogen-bond donors (Lipinski definition) is 2. The third kappa shape index (κ3) is 3.14. The smallest absolute Gasteiger partial charge is 0.261 e. The lowest BCUT2D eigenvalue weighted by atomic mass is 10.3. The van der Waals surface area contributed by atoms with Gasteiger partial charge in [0.15, 0.2) is 0 Å². The first kappa shape index (κ1) is 13.2. The summed E-state index contributed by atoms with van der Waals surface area (Å²) < 4.78 is 27.7. The van der Waals surface area contributed by atoms with Crippen LogP contribution in [0.25, 0.3) is 0 Å². The SMILES string of the molecule is Nc1cccc(S(=O)(=O)Nc2ccc(I)cc2)c1. The molecule has 0 aromatic heterocycles. The Morgan fingerprint density at radius 3 is 2.33 bits per heavy atom. The number of anilines is 2. The summed E-state index contributed by atoms with van der Waals surface area (Å²) in [5, 5.41) is 0. The summed E-state index contributed by atoms with van der Waals surface area (Å²) in [5.74, 6) is 0.